The van der Waals surface area contributed by atoms with E-state index in [1.165, 1.54) is 11.1 Å². The quantitative estimate of drug-likeness (QED) is 0.302. The van der Waals surface area contributed by atoms with Crippen LogP contribution >= 0.6 is 0 Å². The predicted octanol–water partition coefficient (Wildman–Crippen LogP) is 5.93. The maximum atomic E-state index is 12.6. The number of fused-ring (bicyclic) bond motifs is 1. The van der Waals surface area contributed by atoms with Crippen LogP contribution in [-0.2, 0) is 17.8 Å². The van der Waals surface area contributed by atoms with Crippen molar-refractivity contribution >= 4 is 16.9 Å². The highest BCUT2D eigenvalue weighted by molar-refractivity contribution is 5.78. The number of amides is 1. The zero-order valence-electron chi connectivity index (χ0n) is 20.3. The number of aryl methyl sites for hydroxylation is 4. The lowest BCUT2D eigenvalue weighted by molar-refractivity contribution is -0.121. The Balaban J connectivity index is 1.40. The van der Waals surface area contributed by atoms with Gasteiger partial charge in [-0.2, -0.15) is 0 Å². The second-order valence-corrected chi connectivity index (χ2v) is 8.86. The van der Waals surface area contributed by atoms with Crippen molar-refractivity contribution in [3.05, 3.63) is 95.3 Å². The van der Waals surface area contributed by atoms with Crippen molar-refractivity contribution in [3.8, 4) is 5.75 Å². The molecule has 0 radical (unpaired) electrons. The van der Waals surface area contributed by atoms with Gasteiger partial charge in [-0.3, -0.25) is 4.79 Å². The lowest BCUT2D eigenvalue weighted by Gasteiger charge is -2.17. The highest BCUT2D eigenvalue weighted by atomic mass is 16.5. The summed E-state index contributed by atoms with van der Waals surface area (Å²) >= 11 is 0. The molecule has 1 unspecified atom stereocenters. The van der Waals surface area contributed by atoms with Crippen molar-refractivity contribution in [1.29, 1.82) is 0 Å². The van der Waals surface area contributed by atoms with E-state index in [0.717, 1.165) is 47.6 Å². The molecule has 0 bridgehead atoms. The monoisotopic (exact) mass is 455 g/mol. The summed E-state index contributed by atoms with van der Waals surface area (Å²) in [4.78, 5) is 17.5. The maximum Gasteiger partial charge on any atom is 0.220 e. The van der Waals surface area contributed by atoms with Crippen LogP contribution in [-0.4, -0.2) is 22.1 Å². The summed E-state index contributed by atoms with van der Waals surface area (Å²) in [6.45, 7) is 7.55. The number of hydrogen-bond acceptors (Lipinski definition) is 3. The van der Waals surface area contributed by atoms with Gasteiger partial charge in [-0.15, -0.1) is 0 Å². The van der Waals surface area contributed by atoms with E-state index in [2.05, 4.69) is 54.1 Å². The number of nitrogens with zero attached hydrogens (tertiary/aromatic N) is 2. The van der Waals surface area contributed by atoms with Gasteiger partial charge in [-0.25, -0.2) is 4.98 Å². The lowest BCUT2D eigenvalue weighted by atomic mass is 10.1. The highest BCUT2D eigenvalue weighted by Crippen LogP contribution is 2.22. The third kappa shape index (κ3) is 5.84. The molecule has 5 heteroatoms. The Hall–Kier alpha value is -3.60. The van der Waals surface area contributed by atoms with E-state index in [4.69, 9.17) is 9.72 Å². The van der Waals surface area contributed by atoms with Crippen molar-refractivity contribution in [2.24, 2.45) is 0 Å². The van der Waals surface area contributed by atoms with Crippen molar-refractivity contribution in [2.45, 2.75) is 52.6 Å². The van der Waals surface area contributed by atoms with Gasteiger partial charge in [0, 0.05) is 13.0 Å². The first-order valence-electron chi connectivity index (χ1n) is 12.0. The molecule has 34 heavy (non-hydrogen) atoms. The fourth-order valence-corrected chi connectivity index (χ4v) is 4.31. The summed E-state index contributed by atoms with van der Waals surface area (Å²) in [6, 6.07) is 24.3. The van der Waals surface area contributed by atoms with E-state index in [1.54, 1.807) is 0 Å². The van der Waals surface area contributed by atoms with Gasteiger partial charge in [0.25, 0.3) is 0 Å². The number of imidazole rings is 1. The molecule has 3 aromatic carbocycles. The summed E-state index contributed by atoms with van der Waals surface area (Å²) in [5.74, 6) is 1.84. The maximum absolute atomic E-state index is 12.6. The summed E-state index contributed by atoms with van der Waals surface area (Å²) in [5, 5.41) is 3.14. The molecule has 0 aliphatic rings. The number of carbonyl (C=O) groups is 1. The fraction of sp³-hybridized carbons (Fsp3) is 0.310. The third-order valence-electron chi connectivity index (χ3n) is 6.05. The van der Waals surface area contributed by atoms with Crippen molar-refractivity contribution in [2.75, 3.05) is 6.61 Å². The normalized spacial score (nSPS) is 12.0. The number of nitrogens with one attached hydrogen (secondary N) is 1. The van der Waals surface area contributed by atoms with Gasteiger partial charge in [0.15, 0.2) is 0 Å². The first-order valence-corrected chi connectivity index (χ1v) is 12.0. The van der Waals surface area contributed by atoms with Crippen molar-refractivity contribution in [3.63, 3.8) is 0 Å². The molecular weight excluding hydrogens is 422 g/mol. The molecule has 5 nitrogen and oxygen atoms in total. The first kappa shape index (κ1) is 23.6. The van der Waals surface area contributed by atoms with E-state index < -0.39 is 0 Å². The van der Waals surface area contributed by atoms with Crippen molar-refractivity contribution < 1.29 is 9.53 Å². The molecule has 0 aliphatic heterocycles. The van der Waals surface area contributed by atoms with Crippen LogP contribution in [0.4, 0.5) is 0 Å². The van der Waals surface area contributed by atoms with E-state index in [-0.39, 0.29) is 11.9 Å². The van der Waals surface area contributed by atoms with Gasteiger partial charge < -0.3 is 14.6 Å². The average molecular weight is 456 g/mol. The second kappa shape index (κ2) is 11.0. The Bertz CT molecular complexity index is 1250. The molecule has 0 aliphatic carbocycles. The van der Waals surface area contributed by atoms with Crippen LogP contribution in [0.3, 0.4) is 0 Å². The van der Waals surface area contributed by atoms with E-state index in [1.807, 2.05) is 49.4 Å². The number of para-hydroxylation sites is 2. The van der Waals surface area contributed by atoms with Gasteiger partial charge in [-0.05, 0) is 62.9 Å². The van der Waals surface area contributed by atoms with E-state index in [0.29, 0.717) is 13.0 Å². The Morgan fingerprint density at radius 3 is 2.59 bits per heavy atom. The zero-order valence-corrected chi connectivity index (χ0v) is 20.3. The number of benzene rings is 3. The van der Waals surface area contributed by atoms with Crippen LogP contribution in [0.25, 0.3) is 11.0 Å². The zero-order chi connectivity index (χ0) is 23.9. The molecule has 176 valence electrons. The Labute approximate surface area is 201 Å². The minimum atomic E-state index is -0.184. The van der Waals surface area contributed by atoms with Crippen LogP contribution < -0.4 is 10.1 Å². The van der Waals surface area contributed by atoms with E-state index in [9.17, 15) is 4.79 Å². The molecule has 1 N–H and O–H groups in total. The van der Waals surface area contributed by atoms with Crippen molar-refractivity contribution in [1.82, 2.24) is 14.9 Å². The first-order chi connectivity index (χ1) is 16.5. The summed E-state index contributed by atoms with van der Waals surface area (Å²) in [6.07, 6.45) is 2.03. The Morgan fingerprint density at radius 2 is 1.79 bits per heavy atom. The van der Waals surface area contributed by atoms with Crippen LogP contribution in [0.5, 0.6) is 5.75 Å². The molecule has 4 aromatic rings. The predicted molar refractivity (Wildman–Crippen MR) is 137 cm³/mol. The van der Waals surface area contributed by atoms with Gasteiger partial charge in [0.2, 0.25) is 5.91 Å². The van der Waals surface area contributed by atoms with Crippen LogP contribution in [0.1, 0.15) is 48.3 Å². The number of aromatic nitrogens is 2. The molecular formula is C29H33N3O2. The van der Waals surface area contributed by atoms with Gasteiger partial charge in [0.05, 0.1) is 23.7 Å². The Morgan fingerprint density at radius 1 is 1.03 bits per heavy atom. The smallest absolute Gasteiger partial charge is 0.220 e. The fourth-order valence-electron chi connectivity index (χ4n) is 4.31. The van der Waals surface area contributed by atoms with Crippen LogP contribution in [0.2, 0.25) is 0 Å². The lowest BCUT2D eigenvalue weighted by Crippen LogP contribution is -2.29. The average Bonchev–Trinajstić information content (AvgIpc) is 3.21. The van der Waals surface area contributed by atoms with Crippen LogP contribution in [0, 0.1) is 13.8 Å². The molecule has 0 saturated carbocycles. The SMILES string of the molecule is Cc1ccc(OCCCn2c(C(C)NC(=O)CCc3ccccc3)nc3ccccc32)c(C)c1. The summed E-state index contributed by atoms with van der Waals surface area (Å²) in [5.41, 5.74) is 5.58. The second-order valence-electron chi connectivity index (χ2n) is 8.86. The molecule has 1 atom stereocenters. The largest absolute Gasteiger partial charge is 0.493 e. The number of ether oxygens (including phenoxy) is 1. The molecule has 4 rings (SSSR count). The van der Waals surface area contributed by atoms with Gasteiger partial charge >= 0.3 is 0 Å². The van der Waals surface area contributed by atoms with Gasteiger partial charge in [-0.1, -0.05) is 60.2 Å². The van der Waals surface area contributed by atoms with Crippen LogP contribution in [0.15, 0.2) is 72.8 Å². The summed E-state index contributed by atoms with van der Waals surface area (Å²) in [7, 11) is 0. The molecule has 1 aromatic heterocycles. The third-order valence-corrected chi connectivity index (χ3v) is 6.05. The molecule has 0 fully saturated rings. The highest BCUT2D eigenvalue weighted by Gasteiger charge is 2.18. The minimum absolute atomic E-state index is 0.0353. The topological polar surface area (TPSA) is 56.1 Å². The van der Waals surface area contributed by atoms with Gasteiger partial charge in [0.1, 0.15) is 11.6 Å². The molecule has 1 amide bonds. The summed E-state index contributed by atoms with van der Waals surface area (Å²) < 4.78 is 8.25. The molecule has 0 saturated heterocycles. The van der Waals surface area contributed by atoms with E-state index >= 15 is 0 Å². The molecule has 0 spiro atoms. The number of rotatable bonds is 10. The number of carbonyl (C=O) groups excluding carboxylic acids is 1. The number of hydrogen-bond donors (Lipinski definition) is 1. The Kier molecular flexibility index (Phi) is 7.63. The standard InChI is InChI=1S/C29H33N3O2/c1-21-14-16-27(22(2)20-21)34-19-9-18-32-26-13-8-7-12-25(26)31-29(32)23(3)30-28(33)17-15-24-10-5-4-6-11-24/h4-8,10-14,16,20,23H,9,15,17-19H2,1-3H3,(H,30,33). The molecule has 1 heterocycles. The minimum Gasteiger partial charge on any atom is -0.493 e.